The van der Waals surface area contributed by atoms with Crippen molar-refractivity contribution in [3.63, 3.8) is 0 Å². The molecule has 0 amide bonds. The average Bonchev–Trinajstić information content (AvgIpc) is 3.62. The van der Waals surface area contributed by atoms with Gasteiger partial charge in [0.25, 0.3) is 0 Å². The number of rotatable bonds is 7. The molecule has 0 spiro atoms. The maximum atomic E-state index is 5.59. The third kappa shape index (κ3) is 4.36. The molecule has 0 aliphatic heterocycles. The molecule has 0 fully saturated rings. The number of ether oxygens (including phenoxy) is 2. The Kier molecular flexibility index (Phi) is 6.64. The molecule has 0 N–H and O–H groups in total. The lowest BCUT2D eigenvalue weighted by Gasteiger charge is -2.11. The third-order valence-corrected chi connectivity index (χ3v) is 8.81. The summed E-state index contributed by atoms with van der Waals surface area (Å²) in [5.74, 6) is 0. The molecule has 0 aliphatic rings. The smallest absolute Gasteiger partial charge is 0.317 e. The van der Waals surface area contributed by atoms with Crippen LogP contribution in [0.2, 0.25) is 0 Å². The fraction of sp³-hybridized carbons (Fsp3) is 0.158. The Morgan fingerprint density at radius 1 is 0.457 bits per heavy atom. The fourth-order valence-corrected chi connectivity index (χ4v) is 6.70. The molecule has 8 rings (SSSR count). The van der Waals surface area contributed by atoms with Crippen molar-refractivity contribution in [3.8, 4) is 45.9 Å². The molecule has 0 radical (unpaired) electrons. The summed E-state index contributed by atoms with van der Waals surface area (Å²) < 4.78 is 15.9. The Bertz CT molecular complexity index is 2270. The fourth-order valence-electron chi connectivity index (χ4n) is 6.70. The van der Waals surface area contributed by atoms with Gasteiger partial charge in [0.15, 0.2) is 0 Å². The number of hydrogen-bond donors (Lipinski definition) is 0. The van der Waals surface area contributed by atoms with E-state index in [1.807, 2.05) is 12.1 Å². The first-order valence-electron chi connectivity index (χ1n) is 15.5. The average molecular weight is 605 g/mol. The van der Waals surface area contributed by atoms with Crippen molar-refractivity contribution in [2.45, 2.75) is 26.9 Å². The second-order valence-electron chi connectivity index (χ2n) is 11.2. The zero-order chi connectivity index (χ0) is 31.4. The van der Waals surface area contributed by atoms with E-state index in [0.717, 1.165) is 35.6 Å². The highest BCUT2D eigenvalue weighted by Gasteiger charge is 2.17. The van der Waals surface area contributed by atoms with Crippen LogP contribution in [0.15, 0.2) is 97.1 Å². The van der Waals surface area contributed by atoms with Gasteiger partial charge in [-0.25, -0.2) is 0 Å². The van der Waals surface area contributed by atoms with Crippen LogP contribution in [-0.2, 0) is 13.1 Å². The van der Waals surface area contributed by atoms with Crippen molar-refractivity contribution in [1.29, 1.82) is 0 Å². The number of methoxy groups -OCH3 is 2. The minimum atomic E-state index is 0.261. The van der Waals surface area contributed by atoms with Crippen molar-refractivity contribution in [1.82, 2.24) is 29.1 Å². The van der Waals surface area contributed by atoms with Crippen molar-refractivity contribution in [3.05, 3.63) is 97.1 Å². The quantitative estimate of drug-likeness (QED) is 0.181. The van der Waals surface area contributed by atoms with Gasteiger partial charge >= 0.3 is 12.0 Å². The van der Waals surface area contributed by atoms with Crippen LogP contribution in [0.4, 0.5) is 0 Å². The summed E-state index contributed by atoms with van der Waals surface area (Å²) >= 11 is 0. The highest BCUT2D eigenvalue weighted by atomic mass is 16.5. The molecule has 8 heteroatoms. The molecule has 226 valence electrons. The summed E-state index contributed by atoms with van der Waals surface area (Å²) in [7, 11) is 3.16. The number of para-hydroxylation sites is 2. The van der Waals surface area contributed by atoms with E-state index in [-0.39, 0.29) is 12.0 Å². The summed E-state index contributed by atoms with van der Waals surface area (Å²) in [4.78, 5) is 18.9. The second kappa shape index (κ2) is 11.0. The Morgan fingerprint density at radius 3 is 1.26 bits per heavy atom. The lowest BCUT2D eigenvalue weighted by molar-refractivity contribution is 0.378. The number of hydrogen-bond acceptors (Lipinski definition) is 6. The molecule has 0 aliphatic carbocycles. The van der Waals surface area contributed by atoms with Crippen LogP contribution in [0, 0.1) is 0 Å². The predicted octanol–water partition coefficient (Wildman–Crippen LogP) is 8.54. The van der Waals surface area contributed by atoms with E-state index in [0.29, 0.717) is 11.4 Å². The molecule has 8 nitrogen and oxygen atoms in total. The molecule has 8 aromatic rings. The molecule has 4 aromatic heterocycles. The van der Waals surface area contributed by atoms with E-state index in [1.165, 1.54) is 43.6 Å². The maximum Gasteiger partial charge on any atom is 0.317 e. The number of fused-ring (bicyclic) bond motifs is 6. The minimum absolute atomic E-state index is 0.261. The summed E-state index contributed by atoms with van der Waals surface area (Å²) in [5, 5.41) is 4.79. The van der Waals surface area contributed by atoms with E-state index < -0.39 is 0 Å². The van der Waals surface area contributed by atoms with Gasteiger partial charge in [-0.05, 0) is 62.4 Å². The van der Waals surface area contributed by atoms with Crippen LogP contribution in [0.5, 0.6) is 12.0 Å². The number of aryl methyl sites for hydroxylation is 2. The third-order valence-electron chi connectivity index (χ3n) is 8.81. The lowest BCUT2D eigenvalue weighted by atomic mass is 10.0. The summed E-state index contributed by atoms with van der Waals surface area (Å²) in [5.41, 5.74) is 9.46. The number of benzene rings is 4. The van der Waals surface area contributed by atoms with Gasteiger partial charge in [-0.15, -0.1) is 0 Å². The van der Waals surface area contributed by atoms with Crippen molar-refractivity contribution in [2.24, 2.45) is 0 Å². The van der Waals surface area contributed by atoms with Gasteiger partial charge in [0.1, 0.15) is 0 Å². The van der Waals surface area contributed by atoms with Crippen molar-refractivity contribution in [2.75, 3.05) is 14.2 Å². The molecule has 46 heavy (non-hydrogen) atoms. The highest BCUT2D eigenvalue weighted by Crippen LogP contribution is 2.36. The molecule has 4 aromatic carbocycles. The molecule has 4 heterocycles. The van der Waals surface area contributed by atoms with Crippen LogP contribution >= 0.6 is 0 Å². The Labute approximate surface area is 265 Å². The van der Waals surface area contributed by atoms with E-state index in [9.17, 15) is 0 Å². The molecule has 0 atom stereocenters. The summed E-state index contributed by atoms with van der Waals surface area (Å²) in [6, 6.07) is 34.4. The molecule has 0 bridgehead atoms. The second-order valence-corrected chi connectivity index (χ2v) is 11.2. The van der Waals surface area contributed by atoms with Gasteiger partial charge in [0.05, 0.1) is 37.0 Å². The molecule has 0 unspecified atom stereocenters. The Hall–Kier alpha value is -5.76. The van der Waals surface area contributed by atoms with E-state index in [2.05, 4.69) is 108 Å². The van der Waals surface area contributed by atoms with E-state index >= 15 is 0 Å². The van der Waals surface area contributed by atoms with Gasteiger partial charge in [-0.3, -0.25) is 0 Å². The van der Waals surface area contributed by atoms with Crippen LogP contribution in [-0.4, -0.2) is 43.3 Å². The first-order chi connectivity index (χ1) is 22.6. The first-order valence-corrected chi connectivity index (χ1v) is 15.5. The van der Waals surface area contributed by atoms with Crippen molar-refractivity contribution >= 4 is 43.6 Å². The Balaban J connectivity index is 1.27. The monoisotopic (exact) mass is 604 g/mol. The Morgan fingerprint density at radius 2 is 0.848 bits per heavy atom. The molecular weight excluding hydrogens is 572 g/mol. The van der Waals surface area contributed by atoms with Crippen LogP contribution in [0.3, 0.4) is 0 Å². The molecular formula is C38H32N6O2. The van der Waals surface area contributed by atoms with E-state index in [1.54, 1.807) is 14.2 Å². The van der Waals surface area contributed by atoms with Crippen LogP contribution < -0.4 is 9.47 Å². The molecule has 0 saturated carbocycles. The lowest BCUT2D eigenvalue weighted by Crippen LogP contribution is -2.01. The van der Waals surface area contributed by atoms with Gasteiger partial charge in [-0.2, -0.15) is 19.9 Å². The van der Waals surface area contributed by atoms with Crippen molar-refractivity contribution < 1.29 is 9.47 Å². The van der Waals surface area contributed by atoms with Crippen LogP contribution in [0.25, 0.3) is 77.5 Å². The first kappa shape index (κ1) is 27.8. The standard InChI is InChI=1S/C38H32N6O2/c1-5-43-33-13-9-7-11-25(33)27-19-23(15-17-35(27)43)29-21-31(41-37(39-29)45-3)32-22-30(40-38(42-32)46-4)24-16-18-36-28(20-24)26-12-8-10-14-34(26)44(36)6-2/h7-22H,5-6H2,1-4H3. The van der Waals surface area contributed by atoms with Crippen LogP contribution in [0.1, 0.15) is 13.8 Å². The van der Waals surface area contributed by atoms with Gasteiger partial charge in [0, 0.05) is 67.8 Å². The summed E-state index contributed by atoms with van der Waals surface area (Å²) in [6.07, 6.45) is 0. The zero-order valence-electron chi connectivity index (χ0n) is 26.2. The highest BCUT2D eigenvalue weighted by molar-refractivity contribution is 6.10. The maximum absolute atomic E-state index is 5.59. The van der Waals surface area contributed by atoms with E-state index in [4.69, 9.17) is 29.4 Å². The predicted molar refractivity (Wildman–Crippen MR) is 184 cm³/mol. The van der Waals surface area contributed by atoms with Gasteiger partial charge in [-0.1, -0.05) is 48.5 Å². The minimum Gasteiger partial charge on any atom is -0.467 e. The number of nitrogens with zero attached hydrogens (tertiary/aromatic N) is 6. The van der Waals surface area contributed by atoms with Gasteiger partial charge < -0.3 is 18.6 Å². The van der Waals surface area contributed by atoms with Gasteiger partial charge in [0.2, 0.25) is 0 Å². The zero-order valence-corrected chi connectivity index (χ0v) is 26.2. The normalized spacial score (nSPS) is 11.7. The number of aromatic nitrogens is 6. The SMILES string of the molecule is CCn1c2ccccc2c2cc(-c3cc(-c4cc(-c5ccc6c(c5)c5ccccc5n6CC)nc(OC)n4)nc(OC)n3)ccc21. The summed E-state index contributed by atoms with van der Waals surface area (Å²) in [6.45, 7) is 6.13. The molecule has 0 saturated heterocycles. The topological polar surface area (TPSA) is 79.9 Å². The largest absolute Gasteiger partial charge is 0.467 e.